The normalized spacial score (nSPS) is 20.8. The minimum Gasteiger partial charge on any atom is -0.493 e. The van der Waals surface area contributed by atoms with E-state index in [9.17, 15) is 9.18 Å². The zero-order valence-corrected chi connectivity index (χ0v) is 19.7. The van der Waals surface area contributed by atoms with Crippen LogP contribution in [-0.2, 0) is 0 Å². The van der Waals surface area contributed by atoms with E-state index in [0.717, 1.165) is 11.3 Å². The number of amides is 2. The number of carbonyl (C=O) groups is 1. The first-order valence-electron chi connectivity index (χ1n) is 11.2. The van der Waals surface area contributed by atoms with Gasteiger partial charge in [0.15, 0.2) is 0 Å². The molecule has 0 saturated carbocycles. The summed E-state index contributed by atoms with van der Waals surface area (Å²) in [5.41, 5.74) is 3.07. The molecular weight excluding hydrogens is 457 g/mol. The molecule has 34 heavy (non-hydrogen) atoms. The highest BCUT2D eigenvalue weighted by molar-refractivity contribution is 6.31. The number of carbonyl (C=O) groups excluding carboxylic acids is 1. The number of hydrogen-bond donors (Lipinski definition) is 1. The third kappa shape index (κ3) is 4.40. The average molecular weight is 482 g/mol. The lowest BCUT2D eigenvalue weighted by atomic mass is 9.85. The van der Waals surface area contributed by atoms with Crippen LogP contribution in [0.25, 0.3) is 0 Å². The van der Waals surface area contributed by atoms with E-state index in [1.807, 2.05) is 44.2 Å². The molecule has 1 saturated heterocycles. The predicted octanol–water partition coefficient (Wildman–Crippen LogP) is 5.78. The van der Waals surface area contributed by atoms with Gasteiger partial charge in [0, 0.05) is 46.4 Å². The van der Waals surface area contributed by atoms with Crippen molar-refractivity contribution in [3.05, 3.63) is 82.3 Å². The second-order valence-corrected chi connectivity index (χ2v) is 9.24. The van der Waals surface area contributed by atoms with Gasteiger partial charge in [0.2, 0.25) is 5.88 Å². The van der Waals surface area contributed by atoms with E-state index in [2.05, 4.69) is 10.3 Å². The van der Waals surface area contributed by atoms with Crippen LogP contribution < -0.4 is 14.8 Å². The van der Waals surface area contributed by atoms with Crippen LogP contribution >= 0.6 is 11.6 Å². The highest BCUT2D eigenvalue weighted by atomic mass is 35.5. The highest BCUT2D eigenvalue weighted by Gasteiger charge is 2.48. The molecular formula is C26H25ClFN3O3. The van der Waals surface area contributed by atoms with Crippen LogP contribution in [0.1, 0.15) is 22.9 Å². The Bertz CT molecular complexity index is 1240. The van der Waals surface area contributed by atoms with Gasteiger partial charge in [-0.1, -0.05) is 23.7 Å². The molecule has 2 aliphatic heterocycles. The molecule has 1 N–H and O–H groups in total. The smallest absolute Gasteiger partial charge is 0.322 e. The van der Waals surface area contributed by atoms with E-state index in [1.165, 1.54) is 12.1 Å². The molecule has 2 aliphatic rings. The van der Waals surface area contributed by atoms with Gasteiger partial charge in [-0.05, 0) is 55.8 Å². The topological polar surface area (TPSA) is 63.7 Å². The van der Waals surface area contributed by atoms with E-state index in [-0.39, 0.29) is 29.7 Å². The fraction of sp³-hybridized carbons (Fsp3) is 0.308. The summed E-state index contributed by atoms with van der Waals surface area (Å²) in [5.74, 6) is 0.706. The molecule has 3 aromatic rings. The van der Waals surface area contributed by atoms with Crippen LogP contribution in [0.2, 0.25) is 5.02 Å². The zero-order valence-electron chi connectivity index (χ0n) is 18.9. The summed E-state index contributed by atoms with van der Waals surface area (Å²) in [6.07, 6.45) is 0. The van der Waals surface area contributed by atoms with Gasteiger partial charge in [0.1, 0.15) is 11.6 Å². The number of anilines is 1. The number of halogens is 2. The van der Waals surface area contributed by atoms with Crippen molar-refractivity contribution in [2.45, 2.75) is 19.9 Å². The summed E-state index contributed by atoms with van der Waals surface area (Å²) in [7, 11) is 0. The van der Waals surface area contributed by atoms with Gasteiger partial charge in [0.05, 0.1) is 19.3 Å². The largest absolute Gasteiger partial charge is 0.493 e. The Labute approximate surface area is 202 Å². The molecule has 3 heterocycles. The van der Waals surface area contributed by atoms with E-state index >= 15 is 0 Å². The summed E-state index contributed by atoms with van der Waals surface area (Å²) < 4.78 is 26.1. The lowest BCUT2D eigenvalue weighted by Gasteiger charge is -2.34. The van der Waals surface area contributed by atoms with Crippen molar-refractivity contribution in [3.63, 3.8) is 0 Å². The fourth-order valence-electron chi connectivity index (χ4n) is 4.73. The van der Waals surface area contributed by atoms with Crippen molar-refractivity contribution in [3.8, 4) is 11.6 Å². The molecule has 8 heteroatoms. The molecule has 1 fully saturated rings. The van der Waals surface area contributed by atoms with E-state index in [1.54, 1.807) is 17.0 Å². The SMILES string of the molecule is Cc1cccc(OC[C@@H]2CN(C(=O)Nc3ccc(C)c(Cl)c3)[C@H]3c4cc(F)ccc4OC[C@@H]23)n1. The van der Waals surface area contributed by atoms with Gasteiger partial charge in [-0.2, -0.15) is 0 Å². The number of nitrogens with zero attached hydrogens (tertiary/aromatic N) is 2. The van der Waals surface area contributed by atoms with Crippen molar-refractivity contribution < 1.29 is 18.7 Å². The monoisotopic (exact) mass is 481 g/mol. The second-order valence-electron chi connectivity index (χ2n) is 8.84. The number of ether oxygens (including phenoxy) is 2. The molecule has 0 unspecified atom stereocenters. The molecule has 0 bridgehead atoms. The van der Waals surface area contributed by atoms with Gasteiger partial charge in [-0.15, -0.1) is 0 Å². The van der Waals surface area contributed by atoms with Crippen molar-refractivity contribution >= 4 is 23.3 Å². The summed E-state index contributed by atoms with van der Waals surface area (Å²) in [5, 5.41) is 3.52. The van der Waals surface area contributed by atoms with Crippen molar-refractivity contribution in [1.29, 1.82) is 0 Å². The van der Waals surface area contributed by atoms with Gasteiger partial charge < -0.3 is 19.7 Å². The Hall–Kier alpha value is -3.32. The Balaban J connectivity index is 1.42. The average Bonchev–Trinajstić information content (AvgIpc) is 3.19. The Kier molecular flexibility index (Phi) is 6.04. The van der Waals surface area contributed by atoms with E-state index < -0.39 is 0 Å². The first-order valence-corrected chi connectivity index (χ1v) is 11.6. The number of urea groups is 1. The van der Waals surface area contributed by atoms with Crippen LogP contribution in [0, 0.1) is 31.5 Å². The van der Waals surface area contributed by atoms with Gasteiger partial charge in [0.25, 0.3) is 0 Å². The van der Waals surface area contributed by atoms with Gasteiger partial charge in [-0.3, -0.25) is 0 Å². The molecule has 0 spiro atoms. The van der Waals surface area contributed by atoms with Crippen molar-refractivity contribution in [1.82, 2.24) is 9.88 Å². The number of nitrogens with one attached hydrogen (secondary N) is 1. The molecule has 6 nitrogen and oxygen atoms in total. The lowest BCUT2D eigenvalue weighted by molar-refractivity contribution is 0.128. The Morgan fingerprint density at radius 2 is 2.09 bits per heavy atom. The lowest BCUT2D eigenvalue weighted by Crippen LogP contribution is -2.38. The summed E-state index contributed by atoms with van der Waals surface area (Å²) in [6.45, 7) is 5.03. The maximum absolute atomic E-state index is 14.2. The molecule has 2 amide bonds. The summed E-state index contributed by atoms with van der Waals surface area (Å²) >= 11 is 6.24. The zero-order chi connectivity index (χ0) is 23.8. The van der Waals surface area contributed by atoms with Crippen LogP contribution in [0.3, 0.4) is 0 Å². The molecule has 1 aromatic heterocycles. The molecule has 5 rings (SSSR count). The number of rotatable bonds is 4. The molecule has 2 aromatic carbocycles. The Morgan fingerprint density at radius 1 is 1.24 bits per heavy atom. The third-order valence-corrected chi connectivity index (χ3v) is 6.90. The molecule has 176 valence electrons. The van der Waals surface area contributed by atoms with Gasteiger partial charge >= 0.3 is 6.03 Å². The first-order chi connectivity index (χ1) is 16.4. The standard InChI is InChI=1S/C26H25ClFN3O3/c1-15-6-8-19(11-22(15)27)30-26(32)31-12-17(13-34-24-5-3-4-16(2)29-24)21-14-33-23-9-7-18(28)10-20(23)25(21)31/h3-11,17,21,25H,12-14H2,1-2H3,(H,30,32)/t17-,21-,25-/m0/s1. The third-order valence-electron chi connectivity index (χ3n) is 6.49. The molecule has 0 radical (unpaired) electrons. The molecule has 0 aliphatic carbocycles. The number of fused-ring (bicyclic) bond motifs is 3. The summed E-state index contributed by atoms with van der Waals surface area (Å²) in [6, 6.07) is 14.9. The van der Waals surface area contributed by atoms with Crippen LogP contribution in [0.15, 0.2) is 54.6 Å². The van der Waals surface area contributed by atoms with Crippen molar-refractivity contribution in [2.24, 2.45) is 11.8 Å². The first kappa shape index (κ1) is 22.5. The number of aromatic nitrogens is 1. The van der Waals surface area contributed by atoms with E-state index in [4.69, 9.17) is 21.1 Å². The minimum absolute atomic E-state index is 0.0175. The minimum atomic E-state index is -0.364. The number of aryl methyl sites for hydroxylation is 2. The number of pyridine rings is 1. The fourth-order valence-corrected chi connectivity index (χ4v) is 4.91. The van der Waals surface area contributed by atoms with Crippen LogP contribution in [0.5, 0.6) is 11.6 Å². The number of likely N-dealkylation sites (tertiary alicyclic amines) is 1. The second kappa shape index (κ2) is 9.14. The van der Waals surface area contributed by atoms with Crippen molar-refractivity contribution in [2.75, 3.05) is 25.1 Å². The predicted molar refractivity (Wildman–Crippen MR) is 128 cm³/mol. The number of hydrogen-bond acceptors (Lipinski definition) is 4. The maximum atomic E-state index is 14.2. The number of benzene rings is 2. The van der Waals surface area contributed by atoms with Crippen LogP contribution in [-0.4, -0.2) is 35.7 Å². The highest BCUT2D eigenvalue weighted by Crippen LogP contribution is 2.47. The van der Waals surface area contributed by atoms with Crippen LogP contribution in [0.4, 0.5) is 14.9 Å². The maximum Gasteiger partial charge on any atom is 0.322 e. The van der Waals surface area contributed by atoms with E-state index in [0.29, 0.717) is 47.7 Å². The molecule has 3 atom stereocenters. The Morgan fingerprint density at radius 3 is 2.88 bits per heavy atom. The summed E-state index contributed by atoms with van der Waals surface area (Å²) in [4.78, 5) is 19.6. The quantitative estimate of drug-likeness (QED) is 0.512. The van der Waals surface area contributed by atoms with Gasteiger partial charge in [-0.25, -0.2) is 14.2 Å².